The second-order valence-corrected chi connectivity index (χ2v) is 7.96. The average Bonchev–Trinajstić information content (AvgIpc) is 3.10. The molecule has 0 aliphatic rings. The lowest BCUT2D eigenvalue weighted by Gasteiger charge is -2.19. The number of carbonyl (C=O) groups excluding carboxylic acids is 2. The van der Waals surface area contributed by atoms with Crippen molar-refractivity contribution in [2.45, 2.75) is 26.7 Å². The predicted molar refractivity (Wildman–Crippen MR) is 127 cm³/mol. The highest BCUT2D eigenvalue weighted by Gasteiger charge is 2.19. The second-order valence-electron chi connectivity index (χ2n) is 7.18. The average molecular weight is 498 g/mol. The van der Waals surface area contributed by atoms with Crippen LogP contribution in [-0.4, -0.2) is 41.0 Å². The van der Waals surface area contributed by atoms with Crippen LogP contribution in [-0.2, 0) is 14.3 Å². The van der Waals surface area contributed by atoms with Crippen LogP contribution in [0.1, 0.15) is 29.8 Å². The van der Waals surface area contributed by atoms with Crippen molar-refractivity contribution < 1.29 is 14.3 Å². The molecule has 0 spiro atoms. The van der Waals surface area contributed by atoms with Gasteiger partial charge in [0, 0.05) is 24.5 Å². The van der Waals surface area contributed by atoms with Gasteiger partial charge in [0.05, 0.1) is 40.7 Å². The molecule has 0 unspecified atom stereocenters. The van der Waals surface area contributed by atoms with Gasteiger partial charge in [0.15, 0.2) is 6.61 Å². The third kappa shape index (κ3) is 6.39. The fourth-order valence-corrected chi connectivity index (χ4v) is 3.67. The highest BCUT2D eigenvalue weighted by atomic mass is 35.5. The first-order valence-electron chi connectivity index (χ1n) is 10.2. The minimum Gasteiger partial charge on any atom is -0.451 e. The molecule has 0 radical (unpaired) electrons. The molecule has 0 saturated carbocycles. The topological polar surface area (TPSA) is 123 Å². The summed E-state index contributed by atoms with van der Waals surface area (Å²) < 4.78 is 6.89. The number of halogens is 2. The lowest BCUT2D eigenvalue weighted by molar-refractivity contribution is -0.148. The van der Waals surface area contributed by atoms with E-state index in [4.69, 9.17) is 38.5 Å². The molecule has 10 heteroatoms. The first-order chi connectivity index (χ1) is 16.2. The normalized spacial score (nSPS) is 10.7. The van der Waals surface area contributed by atoms with Crippen LogP contribution in [0.3, 0.4) is 0 Å². The summed E-state index contributed by atoms with van der Waals surface area (Å²) in [5.74, 6) is -1.51. The van der Waals surface area contributed by atoms with Gasteiger partial charge in [-0.2, -0.15) is 15.8 Å². The Balaban J connectivity index is 2.22. The zero-order valence-electron chi connectivity index (χ0n) is 18.6. The van der Waals surface area contributed by atoms with E-state index in [0.717, 1.165) is 11.4 Å². The van der Waals surface area contributed by atoms with Crippen molar-refractivity contribution in [1.82, 2.24) is 9.47 Å². The number of hydrogen-bond acceptors (Lipinski definition) is 6. The van der Waals surface area contributed by atoms with Crippen molar-refractivity contribution in [1.29, 1.82) is 15.8 Å². The van der Waals surface area contributed by atoms with Crippen LogP contribution in [0.4, 0.5) is 0 Å². The van der Waals surface area contributed by atoms with Crippen LogP contribution in [0.2, 0.25) is 10.0 Å². The van der Waals surface area contributed by atoms with Crippen molar-refractivity contribution >= 4 is 41.2 Å². The highest BCUT2D eigenvalue weighted by molar-refractivity contribution is 6.43. The third-order valence-corrected chi connectivity index (χ3v) is 5.76. The van der Waals surface area contributed by atoms with Crippen LogP contribution in [0.15, 0.2) is 29.8 Å². The molecule has 0 N–H and O–H groups in total. The van der Waals surface area contributed by atoms with Crippen LogP contribution >= 0.6 is 23.2 Å². The zero-order valence-corrected chi connectivity index (χ0v) is 20.2. The number of ether oxygens (including phenoxy) is 1. The maximum atomic E-state index is 12.5. The smallest absolute Gasteiger partial charge is 0.349 e. The van der Waals surface area contributed by atoms with E-state index in [-0.39, 0.29) is 31.5 Å². The predicted octanol–water partition coefficient (Wildman–Crippen LogP) is 4.51. The van der Waals surface area contributed by atoms with Crippen molar-refractivity contribution in [3.8, 4) is 23.9 Å². The zero-order chi connectivity index (χ0) is 25.3. The van der Waals surface area contributed by atoms with Gasteiger partial charge < -0.3 is 14.2 Å². The summed E-state index contributed by atoms with van der Waals surface area (Å²) in [7, 11) is 0. The number of benzene rings is 1. The van der Waals surface area contributed by atoms with Crippen LogP contribution in [0.5, 0.6) is 0 Å². The molecule has 0 aliphatic carbocycles. The molecule has 0 aliphatic heterocycles. The molecule has 0 bridgehead atoms. The second kappa shape index (κ2) is 12.5. The molecule has 0 saturated heterocycles. The molecule has 1 heterocycles. The van der Waals surface area contributed by atoms with E-state index in [1.807, 2.05) is 36.6 Å². The fraction of sp³-hybridized carbons (Fsp3) is 0.292. The van der Waals surface area contributed by atoms with Gasteiger partial charge in [-0.1, -0.05) is 29.3 Å². The summed E-state index contributed by atoms with van der Waals surface area (Å²) >= 11 is 12.5. The maximum absolute atomic E-state index is 12.5. The Morgan fingerprint density at radius 2 is 1.76 bits per heavy atom. The Morgan fingerprint density at radius 3 is 2.35 bits per heavy atom. The monoisotopic (exact) mass is 497 g/mol. The van der Waals surface area contributed by atoms with E-state index < -0.39 is 18.5 Å². The van der Waals surface area contributed by atoms with Gasteiger partial charge in [-0.25, -0.2) is 4.79 Å². The number of amides is 1. The Morgan fingerprint density at radius 1 is 1.12 bits per heavy atom. The number of hydrogen-bond donors (Lipinski definition) is 0. The molecule has 1 amide bonds. The van der Waals surface area contributed by atoms with E-state index in [0.29, 0.717) is 21.3 Å². The van der Waals surface area contributed by atoms with E-state index in [1.165, 1.54) is 11.0 Å². The van der Waals surface area contributed by atoms with Crippen LogP contribution in [0, 0.1) is 47.8 Å². The summed E-state index contributed by atoms with van der Waals surface area (Å²) in [4.78, 5) is 26.1. The van der Waals surface area contributed by atoms with Gasteiger partial charge in [0.1, 0.15) is 11.6 Å². The number of aromatic nitrogens is 1. The van der Waals surface area contributed by atoms with Gasteiger partial charge in [0.2, 0.25) is 0 Å². The highest BCUT2D eigenvalue weighted by Crippen LogP contribution is 2.32. The van der Waals surface area contributed by atoms with E-state index >= 15 is 0 Å². The van der Waals surface area contributed by atoms with Gasteiger partial charge in [0.25, 0.3) is 5.91 Å². The molecule has 1 aromatic heterocycles. The standard InChI is InChI=1S/C24H21Cl2N5O3/c1-16-12-18(17(2)31(16)21-7-3-6-20(25)23(21)26)13-19(14-29)24(33)34-15-22(32)30(10-4-8-27)11-5-9-28/h3,6-7,12-13H,4-5,10-11,15H2,1-2H3/b19-13+. The molecule has 8 nitrogen and oxygen atoms in total. The number of aryl methyl sites for hydroxylation is 1. The van der Waals surface area contributed by atoms with Gasteiger partial charge in [-0.05, 0) is 43.7 Å². The summed E-state index contributed by atoms with van der Waals surface area (Å²) in [6.45, 7) is 3.29. The fourth-order valence-electron chi connectivity index (χ4n) is 3.29. The van der Waals surface area contributed by atoms with Crippen molar-refractivity contribution in [3.05, 3.63) is 56.8 Å². The number of nitriles is 3. The van der Waals surface area contributed by atoms with Crippen molar-refractivity contribution in [2.24, 2.45) is 0 Å². The lowest BCUT2D eigenvalue weighted by Crippen LogP contribution is -2.36. The lowest BCUT2D eigenvalue weighted by atomic mass is 10.1. The Hall–Kier alpha value is -3.77. The van der Waals surface area contributed by atoms with E-state index in [2.05, 4.69) is 0 Å². The largest absolute Gasteiger partial charge is 0.451 e. The van der Waals surface area contributed by atoms with Gasteiger partial charge in [-0.3, -0.25) is 4.79 Å². The molecule has 0 fully saturated rings. The number of rotatable bonds is 9. The van der Waals surface area contributed by atoms with E-state index in [9.17, 15) is 14.9 Å². The number of esters is 1. The van der Waals surface area contributed by atoms with Crippen molar-refractivity contribution in [3.63, 3.8) is 0 Å². The summed E-state index contributed by atoms with van der Waals surface area (Å²) in [5, 5.41) is 27.7. The van der Waals surface area contributed by atoms with Crippen LogP contribution in [0.25, 0.3) is 11.8 Å². The maximum Gasteiger partial charge on any atom is 0.349 e. The van der Waals surface area contributed by atoms with Gasteiger partial charge >= 0.3 is 5.97 Å². The Labute approximate surface area is 207 Å². The molecule has 0 atom stereocenters. The summed E-state index contributed by atoms with van der Waals surface area (Å²) in [5.41, 5.74) is 2.49. The minimum atomic E-state index is -0.957. The molecule has 174 valence electrons. The minimum absolute atomic E-state index is 0.0841. The molecule has 2 rings (SSSR count). The number of carbonyl (C=O) groups is 2. The molecule has 1 aromatic carbocycles. The molecule has 2 aromatic rings. The Bertz CT molecular complexity index is 1230. The molecular weight excluding hydrogens is 477 g/mol. The van der Waals surface area contributed by atoms with E-state index in [1.54, 1.807) is 24.3 Å². The first kappa shape index (κ1) is 26.5. The molecular formula is C24H21Cl2N5O3. The first-order valence-corrected chi connectivity index (χ1v) is 10.9. The summed E-state index contributed by atoms with van der Waals surface area (Å²) in [6, 6.07) is 12.7. The van der Waals surface area contributed by atoms with Gasteiger partial charge in [-0.15, -0.1) is 0 Å². The quantitative estimate of drug-likeness (QED) is 0.285. The molecule has 34 heavy (non-hydrogen) atoms. The Kier molecular flexibility index (Phi) is 9.71. The van der Waals surface area contributed by atoms with Crippen LogP contribution < -0.4 is 0 Å². The van der Waals surface area contributed by atoms with Crippen molar-refractivity contribution in [2.75, 3.05) is 19.7 Å². The SMILES string of the molecule is Cc1cc(/C=C(\C#N)C(=O)OCC(=O)N(CCC#N)CCC#N)c(C)n1-c1cccc(Cl)c1Cl. The number of nitrogens with zero attached hydrogens (tertiary/aromatic N) is 5. The third-order valence-electron chi connectivity index (χ3n) is 4.95. The summed E-state index contributed by atoms with van der Waals surface area (Å²) in [6.07, 6.45) is 1.55.